The molecular formula is C20H20BrN7O. The van der Waals surface area contributed by atoms with Gasteiger partial charge in [-0.15, -0.1) is 0 Å². The largest absolute Gasteiger partial charge is 0.472 e. The Balaban J connectivity index is 1.67. The Morgan fingerprint density at radius 1 is 1.10 bits per heavy atom. The first-order valence-electron chi connectivity index (χ1n) is 9.05. The first kappa shape index (κ1) is 19.1. The van der Waals surface area contributed by atoms with Gasteiger partial charge in [0.2, 0.25) is 5.88 Å². The summed E-state index contributed by atoms with van der Waals surface area (Å²) in [5.41, 5.74) is 14.8. The molecule has 4 aromatic heterocycles. The molecule has 1 atom stereocenters. The zero-order chi connectivity index (χ0) is 20.5. The second-order valence-electron chi connectivity index (χ2n) is 6.73. The molecule has 4 rings (SSSR count). The molecule has 0 unspecified atom stereocenters. The highest BCUT2D eigenvalue weighted by molar-refractivity contribution is 9.10. The lowest BCUT2D eigenvalue weighted by Gasteiger charge is -2.16. The van der Waals surface area contributed by atoms with Crippen LogP contribution in [0.3, 0.4) is 0 Å². The number of hydrogen-bond donors (Lipinski definition) is 2. The summed E-state index contributed by atoms with van der Waals surface area (Å²) >= 11 is 3.46. The molecule has 0 saturated carbocycles. The maximum absolute atomic E-state index is 5.99. The number of nitrogen functional groups attached to an aromatic ring is 2. The smallest absolute Gasteiger partial charge is 0.228 e. The maximum Gasteiger partial charge on any atom is 0.228 e. The van der Waals surface area contributed by atoms with E-state index in [1.807, 2.05) is 42.7 Å². The summed E-state index contributed by atoms with van der Waals surface area (Å²) in [7, 11) is 0. The molecule has 0 spiro atoms. The number of aromatic nitrogens is 5. The van der Waals surface area contributed by atoms with E-state index in [4.69, 9.17) is 21.2 Å². The van der Waals surface area contributed by atoms with Crippen molar-refractivity contribution < 1.29 is 4.74 Å². The number of imidazole rings is 1. The van der Waals surface area contributed by atoms with Crippen molar-refractivity contribution in [2.45, 2.75) is 26.5 Å². The molecule has 0 radical (unpaired) electrons. The van der Waals surface area contributed by atoms with Gasteiger partial charge in [-0.3, -0.25) is 0 Å². The van der Waals surface area contributed by atoms with Crippen LogP contribution in [0.2, 0.25) is 0 Å². The predicted molar refractivity (Wildman–Crippen MR) is 116 cm³/mol. The highest BCUT2D eigenvalue weighted by Crippen LogP contribution is 2.25. The third-order valence-corrected chi connectivity index (χ3v) is 5.02. The highest BCUT2D eigenvalue weighted by Gasteiger charge is 2.15. The van der Waals surface area contributed by atoms with Crippen LogP contribution in [0.1, 0.15) is 12.7 Å². The van der Waals surface area contributed by atoms with Crippen LogP contribution in [0.15, 0.2) is 47.1 Å². The minimum atomic E-state index is -0.144. The minimum absolute atomic E-state index is 0.144. The Labute approximate surface area is 176 Å². The quantitative estimate of drug-likeness (QED) is 0.473. The van der Waals surface area contributed by atoms with Crippen LogP contribution in [0, 0.1) is 6.92 Å². The summed E-state index contributed by atoms with van der Waals surface area (Å²) in [6, 6.07) is 11.1. The molecule has 9 heteroatoms. The number of fused-ring (bicyclic) bond motifs is 1. The molecule has 0 amide bonds. The van der Waals surface area contributed by atoms with E-state index in [1.54, 1.807) is 18.3 Å². The lowest BCUT2D eigenvalue weighted by molar-refractivity contribution is 0.190. The van der Waals surface area contributed by atoms with Gasteiger partial charge in [0.15, 0.2) is 5.65 Å². The normalized spacial score (nSPS) is 12.2. The van der Waals surface area contributed by atoms with E-state index >= 15 is 0 Å². The summed E-state index contributed by atoms with van der Waals surface area (Å²) in [6.45, 7) is 4.51. The Hall–Kier alpha value is -3.20. The third kappa shape index (κ3) is 4.00. The number of anilines is 2. The molecule has 0 aromatic carbocycles. The van der Waals surface area contributed by atoms with E-state index in [-0.39, 0.29) is 6.10 Å². The van der Waals surface area contributed by atoms with Gasteiger partial charge in [0.25, 0.3) is 0 Å². The molecule has 0 bridgehead atoms. The number of rotatable bonds is 5. The van der Waals surface area contributed by atoms with E-state index in [2.05, 4.69) is 30.9 Å². The number of pyridine rings is 3. The van der Waals surface area contributed by atoms with Crippen molar-refractivity contribution in [1.82, 2.24) is 24.5 Å². The molecule has 0 aliphatic carbocycles. The van der Waals surface area contributed by atoms with Gasteiger partial charge < -0.3 is 20.8 Å². The van der Waals surface area contributed by atoms with Crippen LogP contribution in [-0.2, 0) is 6.54 Å². The van der Waals surface area contributed by atoms with Crippen molar-refractivity contribution in [2.75, 3.05) is 11.5 Å². The number of halogens is 1. The molecule has 4 N–H and O–H groups in total. The SMILES string of the molecule is Cc1nc2ccc(-c3cc(N)nc(N)c3)nc2n1C[C@H](C)Oc1ncccc1Br. The fraction of sp³-hybridized carbons (Fsp3) is 0.200. The first-order chi connectivity index (χ1) is 13.9. The number of nitrogens with zero attached hydrogens (tertiary/aromatic N) is 5. The summed E-state index contributed by atoms with van der Waals surface area (Å²) in [5, 5.41) is 0. The van der Waals surface area contributed by atoms with E-state index in [9.17, 15) is 0 Å². The van der Waals surface area contributed by atoms with Crippen molar-refractivity contribution in [1.29, 1.82) is 0 Å². The monoisotopic (exact) mass is 453 g/mol. The van der Waals surface area contributed by atoms with E-state index in [1.165, 1.54) is 0 Å². The Kier molecular flexibility index (Phi) is 5.06. The van der Waals surface area contributed by atoms with Crippen LogP contribution in [-0.4, -0.2) is 30.6 Å². The third-order valence-electron chi connectivity index (χ3n) is 4.42. The molecule has 8 nitrogen and oxygen atoms in total. The summed E-state index contributed by atoms with van der Waals surface area (Å²) in [6.07, 6.45) is 1.56. The lowest BCUT2D eigenvalue weighted by Crippen LogP contribution is -2.21. The zero-order valence-electron chi connectivity index (χ0n) is 16.0. The van der Waals surface area contributed by atoms with E-state index < -0.39 is 0 Å². The molecule has 29 heavy (non-hydrogen) atoms. The van der Waals surface area contributed by atoms with Gasteiger partial charge in [-0.2, -0.15) is 0 Å². The standard InChI is InChI=1S/C20H20BrN7O/c1-11(29-20-14(21)4-3-7-24-20)10-28-12(2)25-16-6-5-15(26-19(16)28)13-8-17(22)27-18(23)9-13/h3-9,11H,10H2,1-2H3,(H4,22,23,27)/t11-/m0/s1. The van der Waals surface area contributed by atoms with Crippen molar-refractivity contribution in [2.24, 2.45) is 0 Å². The summed E-state index contributed by atoms with van der Waals surface area (Å²) in [4.78, 5) is 17.7. The Bertz CT molecular complexity index is 1170. The second-order valence-corrected chi connectivity index (χ2v) is 7.59. The zero-order valence-corrected chi connectivity index (χ0v) is 17.6. The Morgan fingerprint density at radius 3 is 2.59 bits per heavy atom. The van der Waals surface area contributed by atoms with Gasteiger partial charge in [-0.25, -0.2) is 19.9 Å². The van der Waals surface area contributed by atoms with Crippen molar-refractivity contribution >= 4 is 38.7 Å². The second kappa shape index (κ2) is 7.67. The maximum atomic E-state index is 5.99. The summed E-state index contributed by atoms with van der Waals surface area (Å²) in [5.74, 6) is 2.12. The predicted octanol–water partition coefficient (Wildman–Crippen LogP) is 3.59. The lowest BCUT2D eigenvalue weighted by atomic mass is 10.1. The average Bonchev–Trinajstić information content (AvgIpc) is 2.97. The van der Waals surface area contributed by atoms with Gasteiger partial charge >= 0.3 is 0 Å². The van der Waals surface area contributed by atoms with Crippen molar-refractivity contribution in [3.05, 3.63) is 52.9 Å². The number of aryl methyl sites for hydroxylation is 1. The van der Waals surface area contributed by atoms with Gasteiger partial charge in [-0.1, -0.05) is 0 Å². The number of hydrogen-bond acceptors (Lipinski definition) is 7. The van der Waals surface area contributed by atoms with Gasteiger partial charge in [0.05, 0.1) is 16.7 Å². The first-order valence-corrected chi connectivity index (χ1v) is 9.84. The van der Waals surface area contributed by atoms with Gasteiger partial charge in [-0.05, 0) is 66.2 Å². The van der Waals surface area contributed by atoms with Crippen LogP contribution in [0.25, 0.3) is 22.4 Å². The van der Waals surface area contributed by atoms with E-state index in [0.717, 1.165) is 32.7 Å². The topological polar surface area (TPSA) is 118 Å². The fourth-order valence-electron chi connectivity index (χ4n) is 3.16. The Morgan fingerprint density at radius 2 is 1.86 bits per heavy atom. The van der Waals surface area contributed by atoms with Crippen molar-refractivity contribution in [3.8, 4) is 17.1 Å². The minimum Gasteiger partial charge on any atom is -0.472 e. The number of nitrogens with two attached hydrogens (primary N) is 2. The van der Waals surface area contributed by atoms with Crippen LogP contribution >= 0.6 is 15.9 Å². The molecule has 0 aliphatic heterocycles. The van der Waals surface area contributed by atoms with Gasteiger partial charge in [0, 0.05) is 11.8 Å². The van der Waals surface area contributed by atoms with Crippen LogP contribution in [0.5, 0.6) is 5.88 Å². The fourth-order valence-corrected chi connectivity index (χ4v) is 3.51. The summed E-state index contributed by atoms with van der Waals surface area (Å²) < 4.78 is 8.84. The molecule has 0 aliphatic rings. The average molecular weight is 454 g/mol. The van der Waals surface area contributed by atoms with Gasteiger partial charge in [0.1, 0.15) is 29.1 Å². The van der Waals surface area contributed by atoms with Crippen molar-refractivity contribution in [3.63, 3.8) is 0 Å². The molecular weight excluding hydrogens is 434 g/mol. The van der Waals surface area contributed by atoms with Crippen LogP contribution in [0.4, 0.5) is 11.6 Å². The molecule has 4 aromatic rings. The highest BCUT2D eigenvalue weighted by atomic mass is 79.9. The molecule has 0 saturated heterocycles. The van der Waals surface area contributed by atoms with E-state index in [0.29, 0.717) is 24.1 Å². The molecule has 0 fully saturated rings. The van der Waals surface area contributed by atoms with Crippen LogP contribution < -0.4 is 16.2 Å². The molecule has 4 heterocycles. The number of ether oxygens (including phenoxy) is 1. The molecule has 148 valence electrons.